The van der Waals surface area contributed by atoms with Gasteiger partial charge in [-0.25, -0.2) is 0 Å². The Labute approximate surface area is 163 Å². The van der Waals surface area contributed by atoms with Crippen molar-refractivity contribution in [1.82, 2.24) is 4.57 Å². The van der Waals surface area contributed by atoms with Crippen LogP contribution < -0.4 is 5.32 Å². The fraction of sp³-hybridized carbons (Fsp3) is 0.227. The van der Waals surface area contributed by atoms with Gasteiger partial charge in [-0.2, -0.15) is 0 Å². The number of rotatable bonds is 4. The Morgan fingerprint density at radius 2 is 1.89 bits per heavy atom. The van der Waals surface area contributed by atoms with Gasteiger partial charge < -0.3 is 14.6 Å². The molecule has 0 bridgehead atoms. The highest BCUT2D eigenvalue weighted by atomic mass is 35.5. The minimum Gasteiger partial charge on any atom is -0.381 e. The molecule has 0 saturated carbocycles. The number of anilines is 1. The van der Waals surface area contributed by atoms with Gasteiger partial charge in [0.15, 0.2) is 0 Å². The summed E-state index contributed by atoms with van der Waals surface area (Å²) in [6.07, 6.45) is 2.28. The normalized spacial score (nSPS) is 16.0. The summed E-state index contributed by atoms with van der Waals surface area (Å²) in [6, 6.07) is 19.3. The number of carbonyl (C=O) groups is 1. The number of aromatic nitrogens is 1. The van der Waals surface area contributed by atoms with Crippen LogP contribution in [-0.4, -0.2) is 23.7 Å². The van der Waals surface area contributed by atoms with E-state index in [2.05, 4.69) is 22.0 Å². The predicted molar refractivity (Wildman–Crippen MR) is 108 cm³/mol. The number of nitrogens with zero attached hydrogens (tertiary/aromatic N) is 1. The second kappa shape index (κ2) is 7.59. The van der Waals surface area contributed by atoms with Crippen LogP contribution >= 0.6 is 11.6 Å². The van der Waals surface area contributed by atoms with Gasteiger partial charge in [0.2, 0.25) is 0 Å². The number of carbonyl (C=O) groups excluding carboxylic acids is 1. The Morgan fingerprint density at radius 3 is 2.63 bits per heavy atom. The molecular formula is C22H21ClN2O2. The molecule has 1 amide bonds. The Bertz CT molecular complexity index is 963. The first-order valence-corrected chi connectivity index (χ1v) is 9.41. The summed E-state index contributed by atoms with van der Waals surface area (Å²) < 4.78 is 7.85. The SMILES string of the molecule is COC1CCn2c(ccc2-c2ccc(NC(=O)c3ccccc3Cl)cc2)C1. The molecule has 1 atom stereocenters. The van der Waals surface area contributed by atoms with Crippen LogP contribution in [0.4, 0.5) is 5.69 Å². The Kier molecular flexibility index (Phi) is 5.01. The predicted octanol–water partition coefficient (Wildman–Crippen LogP) is 5.02. The van der Waals surface area contributed by atoms with E-state index in [1.165, 1.54) is 11.4 Å². The van der Waals surface area contributed by atoms with Gasteiger partial charge in [-0.3, -0.25) is 4.79 Å². The number of ether oxygens (including phenoxy) is 1. The summed E-state index contributed by atoms with van der Waals surface area (Å²) in [5.74, 6) is -0.209. The average molecular weight is 381 g/mol. The summed E-state index contributed by atoms with van der Waals surface area (Å²) in [4.78, 5) is 12.4. The summed E-state index contributed by atoms with van der Waals surface area (Å²) >= 11 is 6.09. The Morgan fingerprint density at radius 1 is 1.11 bits per heavy atom. The smallest absolute Gasteiger partial charge is 0.257 e. The third kappa shape index (κ3) is 3.64. The van der Waals surface area contributed by atoms with Gasteiger partial charge in [0.05, 0.1) is 16.7 Å². The largest absolute Gasteiger partial charge is 0.381 e. The van der Waals surface area contributed by atoms with Crippen LogP contribution in [0.25, 0.3) is 11.3 Å². The summed E-state index contributed by atoms with van der Waals surface area (Å²) in [7, 11) is 1.78. The van der Waals surface area contributed by atoms with Crippen LogP contribution in [0.1, 0.15) is 22.5 Å². The van der Waals surface area contributed by atoms with E-state index < -0.39 is 0 Å². The molecule has 1 unspecified atom stereocenters. The number of halogens is 1. The van der Waals surface area contributed by atoms with Crippen molar-refractivity contribution in [1.29, 1.82) is 0 Å². The lowest BCUT2D eigenvalue weighted by Crippen LogP contribution is -2.24. The lowest BCUT2D eigenvalue weighted by Gasteiger charge is -2.24. The molecule has 138 valence electrons. The molecule has 3 aromatic rings. The lowest BCUT2D eigenvalue weighted by molar-refractivity contribution is 0.0812. The highest BCUT2D eigenvalue weighted by Gasteiger charge is 2.20. The van der Waals surface area contributed by atoms with Crippen molar-refractivity contribution in [3.63, 3.8) is 0 Å². The number of fused-ring (bicyclic) bond motifs is 1. The van der Waals surface area contributed by atoms with Gasteiger partial charge in [-0.05, 0) is 48.4 Å². The second-order valence-electron chi connectivity index (χ2n) is 6.72. The molecular weight excluding hydrogens is 360 g/mol. The maximum atomic E-state index is 12.4. The van der Waals surface area contributed by atoms with Gasteiger partial charge >= 0.3 is 0 Å². The van der Waals surface area contributed by atoms with Gasteiger partial charge in [0, 0.05) is 37.2 Å². The van der Waals surface area contributed by atoms with Crippen molar-refractivity contribution in [2.24, 2.45) is 0 Å². The number of hydrogen-bond acceptors (Lipinski definition) is 2. The lowest BCUT2D eigenvalue weighted by atomic mass is 10.1. The highest BCUT2D eigenvalue weighted by molar-refractivity contribution is 6.34. The number of hydrogen-bond donors (Lipinski definition) is 1. The molecule has 0 aliphatic carbocycles. The van der Waals surface area contributed by atoms with Crippen molar-refractivity contribution >= 4 is 23.2 Å². The molecule has 1 aromatic heterocycles. The van der Waals surface area contributed by atoms with Crippen LogP contribution in [0, 0.1) is 0 Å². The van der Waals surface area contributed by atoms with Crippen LogP contribution in [0.3, 0.4) is 0 Å². The number of benzene rings is 2. The molecule has 0 radical (unpaired) electrons. The minimum absolute atomic E-state index is 0.209. The second-order valence-corrected chi connectivity index (χ2v) is 7.13. The van der Waals surface area contributed by atoms with Gasteiger partial charge in [0.1, 0.15) is 0 Å². The zero-order chi connectivity index (χ0) is 18.8. The van der Waals surface area contributed by atoms with Gasteiger partial charge in [-0.1, -0.05) is 35.9 Å². The molecule has 0 fully saturated rings. The van der Waals surface area contributed by atoms with E-state index >= 15 is 0 Å². The zero-order valence-electron chi connectivity index (χ0n) is 15.1. The summed E-state index contributed by atoms with van der Waals surface area (Å²) in [5, 5.41) is 3.35. The molecule has 5 heteroatoms. The third-order valence-corrected chi connectivity index (χ3v) is 5.40. The van der Waals surface area contributed by atoms with E-state index in [0.717, 1.165) is 30.6 Å². The molecule has 4 rings (SSSR count). The minimum atomic E-state index is -0.209. The van der Waals surface area contributed by atoms with Crippen LogP contribution in [0.15, 0.2) is 60.7 Å². The van der Waals surface area contributed by atoms with Crippen LogP contribution in [-0.2, 0) is 17.7 Å². The molecule has 0 spiro atoms. The van der Waals surface area contributed by atoms with E-state index in [9.17, 15) is 4.79 Å². The van der Waals surface area contributed by atoms with Crippen molar-refractivity contribution in [2.75, 3.05) is 12.4 Å². The van der Waals surface area contributed by atoms with E-state index in [1.54, 1.807) is 31.4 Å². The van der Waals surface area contributed by atoms with Crippen LogP contribution in [0.2, 0.25) is 5.02 Å². The molecule has 27 heavy (non-hydrogen) atoms. The van der Waals surface area contributed by atoms with Crippen LogP contribution in [0.5, 0.6) is 0 Å². The van der Waals surface area contributed by atoms with E-state index in [-0.39, 0.29) is 5.91 Å². The quantitative estimate of drug-likeness (QED) is 0.690. The van der Waals surface area contributed by atoms with E-state index in [4.69, 9.17) is 16.3 Å². The molecule has 0 saturated heterocycles. The standard InChI is InChI=1S/C22H21ClN2O2/c1-27-18-12-13-25-17(14-18)10-11-21(25)15-6-8-16(9-7-15)24-22(26)19-4-2-3-5-20(19)23/h2-11,18H,12-14H2,1H3,(H,24,26). The summed E-state index contributed by atoms with van der Waals surface area (Å²) in [5.41, 5.74) is 4.85. The third-order valence-electron chi connectivity index (χ3n) is 5.07. The maximum Gasteiger partial charge on any atom is 0.257 e. The molecule has 4 nitrogen and oxygen atoms in total. The maximum absolute atomic E-state index is 12.4. The van der Waals surface area contributed by atoms with E-state index in [0.29, 0.717) is 16.7 Å². The summed E-state index contributed by atoms with van der Waals surface area (Å²) in [6.45, 7) is 0.959. The van der Waals surface area contributed by atoms with Gasteiger partial charge in [-0.15, -0.1) is 0 Å². The Balaban J connectivity index is 1.51. The zero-order valence-corrected chi connectivity index (χ0v) is 15.9. The van der Waals surface area contributed by atoms with Crippen molar-refractivity contribution < 1.29 is 9.53 Å². The average Bonchev–Trinajstić information content (AvgIpc) is 3.12. The number of nitrogens with one attached hydrogen (secondary N) is 1. The van der Waals surface area contributed by atoms with Gasteiger partial charge in [0.25, 0.3) is 5.91 Å². The first-order chi connectivity index (χ1) is 13.2. The van der Waals surface area contributed by atoms with Crippen molar-refractivity contribution in [2.45, 2.75) is 25.5 Å². The number of amides is 1. The monoisotopic (exact) mass is 380 g/mol. The first kappa shape index (κ1) is 17.8. The molecule has 2 aromatic carbocycles. The number of methoxy groups -OCH3 is 1. The fourth-order valence-corrected chi connectivity index (χ4v) is 3.80. The molecule has 1 N–H and O–H groups in total. The first-order valence-electron chi connectivity index (χ1n) is 9.03. The molecule has 1 aliphatic rings. The highest BCUT2D eigenvalue weighted by Crippen LogP contribution is 2.29. The topological polar surface area (TPSA) is 43.3 Å². The molecule has 2 heterocycles. The molecule has 1 aliphatic heterocycles. The Hall–Kier alpha value is -2.56. The fourth-order valence-electron chi connectivity index (χ4n) is 3.58. The van der Waals surface area contributed by atoms with Crippen molar-refractivity contribution in [3.05, 3.63) is 76.9 Å². The van der Waals surface area contributed by atoms with E-state index in [1.807, 2.05) is 24.3 Å². The van der Waals surface area contributed by atoms with Crippen molar-refractivity contribution in [3.8, 4) is 11.3 Å².